The second-order valence-corrected chi connectivity index (χ2v) is 4.12. The van der Waals surface area contributed by atoms with E-state index in [2.05, 4.69) is 0 Å². The zero-order chi connectivity index (χ0) is 13.0. The Bertz CT molecular complexity index is 443. The number of carboxylic acids is 1. The van der Waals surface area contributed by atoms with Gasteiger partial charge in [-0.05, 0) is 24.5 Å². The molecule has 0 amide bonds. The van der Waals surface area contributed by atoms with E-state index in [1.54, 1.807) is 32.0 Å². The van der Waals surface area contributed by atoms with Crippen molar-refractivity contribution in [2.24, 2.45) is 0 Å². The number of halogens is 1. The maximum atomic E-state index is 14.0. The van der Waals surface area contributed by atoms with Crippen molar-refractivity contribution in [3.8, 4) is 0 Å². The summed E-state index contributed by atoms with van der Waals surface area (Å²) in [6, 6.07) is 4.94. The molecular weight excluding hydrogens is 221 g/mol. The Morgan fingerprint density at radius 2 is 2.18 bits per heavy atom. The zero-order valence-corrected chi connectivity index (χ0v) is 9.96. The first-order chi connectivity index (χ1) is 7.93. The maximum absolute atomic E-state index is 14.0. The maximum Gasteiger partial charge on any atom is 0.303 e. The number of hydrogen-bond donors (Lipinski definition) is 2. The molecule has 2 N–H and O–H groups in total. The Morgan fingerprint density at radius 1 is 1.53 bits per heavy atom. The topological polar surface area (TPSA) is 61.2 Å². The van der Waals surface area contributed by atoms with Crippen LogP contribution in [0.3, 0.4) is 0 Å². The fourth-order valence-electron chi connectivity index (χ4n) is 1.60. The van der Waals surface area contributed by atoms with Crippen LogP contribution in [0, 0.1) is 11.2 Å². The highest BCUT2D eigenvalue weighted by Crippen LogP contribution is 2.23. The normalized spacial score (nSPS) is 12.2. The Kier molecular flexibility index (Phi) is 4.37. The van der Waals surface area contributed by atoms with E-state index in [4.69, 9.17) is 10.5 Å². The molecule has 1 rings (SSSR count). The van der Waals surface area contributed by atoms with Crippen molar-refractivity contribution in [1.29, 1.82) is 5.41 Å². The minimum Gasteiger partial charge on any atom is -0.481 e. The van der Waals surface area contributed by atoms with Gasteiger partial charge in [0.2, 0.25) is 0 Å². The first kappa shape index (κ1) is 13.4. The van der Waals surface area contributed by atoms with Crippen molar-refractivity contribution in [2.75, 3.05) is 0 Å². The van der Waals surface area contributed by atoms with E-state index in [1.165, 1.54) is 0 Å². The first-order valence-electron chi connectivity index (χ1n) is 5.47. The SMILES string of the molecule is CC(=N)C(C)c1cccc(CCC(=O)O)c1F. The van der Waals surface area contributed by atoms with Gasteiger partial charge in [-0.15, -0.1) is 0 Å². The predicted molar refractivity (Wildman–Crippen MR) is 64.2 cm³/mol. The molecule has 0 aliphatic carbocycles. The minimum atomic E-state index is -0.939. The van der Waals surface area contributed by atoms with E-state index >= 15 is 0 Å². The lowest BCUT2D eigenvalue weighted by molar-refractivity contribution is -0.136. The van der Waals surface area contributed by atoms with E-state index in [0.29, 0.717) is 16.8 Å². The molecule has 0 saturated heterocycles. The monoisotopic (exact) mass is 237 g/mol. The van der Waals surface area contributed by atoms with Crippen LogP contribution in [0.1, 0.15) is 37.3 Å². The smallest absolute Gasteiger partial charge is 0.303 e. The van der Waals surface area contributed by atoms with Crippen molar-refractivity contribution in [1.82, 2.24) is 0 Å². The summed E-state index contributed by atoms with van der Waals surface area (Å²) in [6.45, 7) is 3.40. The molecule has 1 unspecified atom stereocenters. The van der Waals surface area contributed by atoms with Crippen molar-refractivity contribution < 1.29 is 14.3 Å². The third kappa shape index (κ3) is 3.37. The van der Waals surface area contributed by atoms with Gasteiger partial charge in [0.05, 0.1) is 0 Å². The number of carboxylic acid groups (broad SMARTS) is 1. The molecule has 4 heteroatoms. The van der Waals surface area contributed by atoms with Gasteiger partial charge < -0.3 is 10.5 Å². The molecule has 0 aliphatic rings. The molecule has 1 atom stereocenters. The zero-order valence-electron chi connectivity index (χ0n) is 9.96. The molecule has 0 aliphatic heterocycles. The average molecular weight is 237 g/mol. The Balaban J connectivity index is 2.98. The standard InChI is InChI=1S/C13H16FNO2/c1-8(9(2)15)11-5-3-4-10(13(11)14)6-7-12(16)17/h3-5,8,15H,6-7H2,1-2H3,(H,16,17). The molecule has 0 radical (unpaired) electrons. The molecule has 3 nitrogen and oxygen atoms in total. The van der Waals surface area contributed by atoms with E-state index < -0.39 is 5.97 Å². The second-order valence-electron chi connectivity index (χ2n) is 4.12. The highest BCUT2D eigenvalue weighted by atomic mass is 19.1. The van der Waals surface area contributed by atoms with Crippen LogP contribution < -0.4 is 0 Å². The van der Waals surface area contributed by atoms with E-state index in [1.807, 2.05) is 0 Å². The summed E-state index contributed by atoms with van der Waals surface area (Å²) >= 11 is 0. The van der Waals surface area contributed by atoms with Crippen molar-refractivity contribution in [3.05, 3.63) is 35.1 Å². The van der Waals surface area contributed by atoms with Crippen LogP contribution in [-0.4, -0.2) is 16.8 Å². The van der Waals surface area contributed by atoms with Crippen LogP contribution >= 0.6 is 0 Å². The molecule has 17 heavy (non-hydrogen) atoms. The van der Waals surface area contributed by atoms with Crippen molar-refractivity contribution in [3.63, 3.8) is 0 Å². The number of carbonyl (C=O) groups is 1. The van der Waals surface area contributed by atoms with Crippen LogP contribution in [0.5, 0.6) is 0 Å². The van der Waals surface area contributed by atoms with Crippen molar-refractivity contribution >= 4 is 11.7 Å². The van der Waals surface area contributed by atoms with Gasteiger partial charge in [0.1, 0.15) is 5.82 Å². The number of aryl methyl sites for hydroxylation is 1. The van der Waals surface area contributed by atoms with Crippen LogP contribution in [0.2, 0.25) is 0 Å². The highest BCUT2D eigenvalue weighted by molar-refractivity contribution is 5.85. The third-order valence-electron chi connectivity index (χ3n) is 2.83. The molecule has 92 valence electrons. The number of rotatable bonds is 5. The van der Waals surface area contributed by atoms with E-state index in [-0.39, 0.29) is 24.6 Å². The third-order valence-corrected chi connectivity index (χ3v) is 2.83. The summed E-state index contributed by atoms with van der Waals surface area (Å²) in [7, 11) is 0. The summed E-state index contributed by atoms with van der Waals surface area (Å²) in [5.74, 6) is -1.60. The number of hydrogen-bond acceptors (Lipinski definition) is 2. The molecule has 0 spiro atoms. The lowest BCUT2D eigenvalue weighted by Gasteiger charge is -2.13. The average Bonchev–Trinajstić information content (AvgIpc) is 2.26. The summed E-state index contributed by atoms with van der Waals surface area (Å²) in [6.07, 6.45) is 0.0943. The molecular formula is C13H16FNO2. The fourth-order valence-corrected chi connectivity index (χ4v) is 1.60. The van der Waals surface area contributed by atoms with Gasteiger partial charge in [-0.1, -0.05) is 25.1 Å². The Hall–Kier alpha value is -1.71. The molecule has 0 aromatic heterocycles. The lowest BCUT2D eigenvalue weighted by atomic mass is 9.93. The minimum absolute atomic E-state index is 0.0850. The number of benzene rings is 1. The van der Waals surface area contributed by atoms with Gasteiger partial charge in [-0.25, -0.2) is 4.39 Å². The lowest BCUT2D eigenvalue weighted by Crippen LogP contribution is -2.08. The fraction of sp³-hybridized carbons (Fsp3) is 0.385. The summed E-state index contributed by atoms with van der Waals surface area (Å²) < 4.78 is 14.0. The first-order valence-corrected chi connectivity index (χ1v) is 5.47. The summed E-state index contributed by atoms with van der Waals surface area (Å²) in [5.41, 5.74) is 1.25. The molecule has 1 aromatic rings. The van der Waals surface area contributed by atoms with Gasteiger partial charge in [-0.3, -0.25) is 4.79 Å². The van der Waals surface area contributed by atoms with Crippen LogP contribution in [0.4, 0.5) is 4.39 Å². The van der Waals surface area contributed by atoms with Gasteiger partial charge in [0.15, 0.2) is 0 Å². The van der Waals surface area contributed by atoms with Crippen LogP contribution in [-0.2, 0) is 11.2 Å². The quantitative estimate of drug-likeness (QED) is 0.773. The van der Waals surface area contributed by atoms with Gasteiger partial charge in [-0.2, -0.15) is 0 Å². The molecule has 0 heterocycles. The molecule has 1 aromatic carbocycles. The van der Waals surface area contributed by atoms with Gasteiger partial charge >= 0.3 is 5.97 Å². The Morgan fingerprint density at radius 3 is 2.71 bits per heavy atom. The highest BCUT2D eigenvalue weighted by Gasteiger charge is 2.15. The Labute approximate surface area is 99.8 Å². The van der Waals surface area contributed by atoms with E-state index in [0.717, 1.165) is 0 Å². The van der Waals surface area contributed by atoms with Crippen molar-refractivity contribution in [2.45, 2.75) is 32.6 Å². The molecule has 0 fully saturated rings. The van der Waals surface area contributed by atoms with Crippen LogP contribution in [0.25, 0.3) is 0 Å². The van der Waals surface area contributed by atoms with Gasteiger partial charge in [0.25, 0.3) is 0 Å². The predicted octanol–water partition coefficient (Wildman–Crippen LogP) is 2.99. The second kappa shape index (κ2) is 5.57. The van der Waals surface area contributed by atoms with E-state index in [9.17, 15) is 9.18 Å². The molecule has 0 saturated carbocycles. The van der Waals surface area contributed by atoms with Gasteiger partial charge in [0, 0.05) is 18.1 Å². The van der Waals surface area contributed by atoms with Crippen LogP contribution in [0.15, 0.2) is 18.2 Å². The number of nitrogens with one attached hydrogen (secondary N) is 1. The summed E-state index contributed by atoms with van der Waals surface area (Å²) in [4.78, 5) is 10.5. The molecule has 0 bridgehead atoms. The summed E-state index contributed by atoms with van der Waals surface area (Å²) in [5, 5.41) is 16.1. The largest absolute Gasteiger partial charge is 0.481 e. The number of aliphatic carboxylic acids is 1.